The van der Waals surface area contributed by atoms with Gasteiger partial charge in [0.2, 0.25) is 5.91 Å². The molecule has 0 fully saturated rings. The number of benzene rings is 1. The largest absolute Gasteiger partial charge is 0.311 e. The fraction of sp³-hybridized carbons (Fsp3) is 0.300. The maximum absolute atomic E-state index is 12.9. The summed E-state index contributed by atoms with van der Waals surface area (Å²) in [4.78, 5) is 13.0. The topological polar surface area (TPSA) is 20.3 Å². The summed E-state index contributed by atoms with van der Waals surface area (Å²) in [6.07, 6.45) is 0.801. The second-order valence-electron chi connectivity index (χ2n) is 3.23. The highest BCUT2D eigenvalue weighted by atomic mass is 32.1. The zero-order valence-corrected chi connectivity index (χ0v) is 8.43. The Morgan fingerprint density at radius 1 is 1.57 bits per heavy atom. The Hall–Kier alpha value is -1.03. The number of carbonyl (C=O) groups is 1. The summed E-state index contributed by atoms with van der Waals surface area (Å²) in [5, 5.41) is 0. The van der Waals surface area contributed by atoms with Crippen LogP contribution in [0.4, 0.5) is 10.1 Å². The van der Waals surface area contributed by atoms with Crippen molar-refractivity contribution in [1.82, 2.24) is 0 Å². The summed E-state index contributed by atoms with van der Waals surface area (Å²) in [6.45, 7) is 0.637. The van der Waals surface area contributed by atoms with Gasteiger partial charge in [0.1, 0.15) is 5.82 Å². The van der Waals surface area contributed by atoms with Crippen molar-refractivity contribution in [2.24, 2.45) is 0 Å². The summed E-state index contributed by atoms with van der Waals surface area (Å²) < 4.78 is 12.9. The first-order valence-electron chi connectivity index (χ1n) is 4.42. The van der Waals surface area contributed by atoms with E-state index in [1.807, 2.05) is 0 Å². The number of hydrogen-bond acceptors (Lipinski definition) is 2. The van der Waals surface area contributed by atoms with Gasteiger partial charge in [-0.2, -0.15) is 12.6 Å². The third-order valence-electron chi connectivity index (χ3n) is 2.38. The standard InChI is InChI=1S/C10H10FNOS/c11-8-2-1-7-3-4-12(9(7)5-8)10(13)6-14/h1-2,5,14H,3-4,6H2. The minimum atomic E-state index is -0.303. The van der Waals surface area contributed by atoms with Crippen LogP contribution in [-0.2, 0) is 11.2 Å². The smallest absolute Gasteiger partial charge is 0.236 e. The summed E-state index contributed by atoms with van der Waals surface area (Å²) in [5.74, 6) is -0.212. The molecule has 1 aliphatic heterocycles. The van der Waals surface area contributed by atoms with Crippen molar-refractivity contribution in [2.75, 3.05) is 17.2 Å². The molecule has 2 nitrogen and oxygen atoms in total. The molecule has 1 amide bonds. The van der Waals surface area contributed by atoms with Crippen LogP contribution in [0, 0.1) is 5.82 Å². The van der Waals surface area contributed by atoms with Gasteiger partial charge in [0.05, 0.1) is 5.75 Å². The molecule has 1 aromatic carbocycles. The summed E-state index contributed by atoms with van der Waals surface area (Å²) in [5.41, 5.74) is 1.73. The van der Waals surface area contributed by atoms with Gasteiger partial charge >= 0.3 is 0 Å². The van der Waals surface area contributed by atoms with Gasteiger partial charge < -0.3 is 4.90 Å². The minimum absolute atomic E-state index is 0.0716. The molecule has 0 aromatic heterocycles. The third kappa shape index (κ3) is 1.50. The van der Waals surface area contributed by atoms with E-state index in [0.29, 0.717) is 12.2 Å². The van der Waals surface area contributed by atoms with E-state index in [0.717, 1.165) is 12.0 Å². The lowest BCUT2D eigenvalue weighted by atomic mass is 10.2. The maximum atomic E-state index is 12.9. The molecule has 0 aliphatic carbocycles. The Kier molecular flexibility index (Phi) is 2.46. The van der Waals surface area contributed by atoms with E-state index in [-0.39, 0.29) is 17.5 Å². The van der Waals surface area contributed by atoms with E-state index in [9.17, 15) is 9.18 Å². The SMILES string of the molecule is O=C(CS)N1CCc2ccc(F)cc21. The average Bonchev–Trinajstić information content (AvgIpc) is 2.59. The number of carbonyl (C=O) groups excluding carboxylic acids is 1. The number of fused-ring (bicyclic) bond motifs is 1. The predicted octanol–water partition coefficient (Wildman–Crippen LogP) is 1.64. The van der Waals surface area contributed by atoms with Gasteiger partial charge in [0, 0.05) is 12.2 Å². The van der Waals surface area contributed by atoms with E-state index in [4.69, 9.17) is 0 Å². The minimum Gasteiger partial charge on any atom is -0.311 e. The monoisotopic (exact) mass is 211 g/mol. The van der Waals surface area contributed by atoms with Crippen molar-refractivity contribution in [3.63, 3.8) is 0 Å². The van der Waals surface area contributed by atoms with Crippen LogP contribution in [0.1, 0.15) is 5.56 Å². The molecule has 0 spiro atoms. The third-order valence-corrected chi connectivity index (χ3v) is 2.65. The van der Waals surface area contributed by atoms with Crippen LogP contribution in [0.2, 0.25) is 0 Å². The molecule has 0 bridgehead atoms. The lowest BCUT2D eigenvalue weighted by molar-refractivity contribution is -0.116. The van der Waals surface area contributed by atoms with Crippen LogP contribution in [0.5, 0.6) is 0 Å². The summed E-state index contributed by atoms with van der Waals surface area (Å²) in [7, 11) is 0. The van der Waals surface area contributed by atoms with E-state index < -0.39 is 0 Å². The highest BCUT2D eigenvalue weighted by Crippen LogP contribution is 2.28. The molecule has 74 valence electrons. The second-order valence-corrected chi connectivity index (χ2v) is 3.54. The Balaban J connectivity index is 2.38. The molecule has 1 heterocycles. The number of hydrogen-bond donors (Lipinski definition) is 1. The van der Waals surface area contributed by atoms with E-state index in [1.54, 1.807) is 11.0 Å². The highest BCUT2D eigenvalue weighted by molar-refractivity contribution is 7.81. The van der Waals surface area contributed by atoms with Gasteiger partial charge in [-0.3, -0.25) is 4.79 Å². The first-order valence-corrected chi connectivity index (χ1v) is 5.05. The normalized spacial score (nSPS) is 14.3. The fourth-order valence-corrected chi connectivity index (χ4v) is 1.87. The van der Waals surface area contributed by atoms with Crippen molar-refractivity contribution in [1.29, 1.82) is 0 Å². The number of rotatable bonds is 1. The molecule has 0 unspecified atom stereocenters. The van der Waals surface area contributed by atoms with Crippen LogP contribution in [0.15, 0.2) is 18.2 Å². The zero-order chi connectivity index (χ0) is 10.1. The molecule has 4 heteroatoms. The molecule has 0 saturated heterocycles. The van der Waals surface area contributed by atoms with Crippen LogP contribution < -0.4 is 4.90 Å². The lowest BCUT2D eigenvalue weighted by Gasteiger charge is -2.15. The quantitative estimate of drug-likeness (QED) is 0.700. The predicted molar refractivity (Wildman–Crippen MR) is 56.3 cm³/mol. The van der Waals surface area contributed by atoms with E-state index in [1.165, 1.54) is 12.1 Å². The number of amides is 1. The van der Waals surface area contributed by atoms with Gasteiger partial charge in [-0.1, -0.05) is 6.07 Å². The molecular weight excluding hydrogens is 201 g/mol. The van der Waals surface area contributed by atoms with Gasteiger partial charge in [-0.05, 0) is 24.1 Å². The second kappa shape index (κ2) is 3.61. The first kappa shape index (κ1) is 9.52. The van der Waals surface area contributed by atoms with Crippen molar-refractivity contribution in [3.8, 4) is 0 Å². The number of halogens is 1. The number of thiol groups is 1. The molecule has 14 heavy (non-hydrogen) atoms. The van der Waals surface area contributed by atoms with E-state index in [2.05, 4.69) is 12.6 Å². The average molecular weight is 211 g/mol. The van der Waals surface area contributed by atoms with Gasteiger partial charge in [0.25, 0.3) is 0 Å². The summed E-state index contributed by atoms with van der Waals surface area (Å²) >= 11 is 3.92. The van der Waals surface area contributed by atoms with Crippen LogP contribution >= 0.6 is 12.6 Å². The lowest BCUT2D eigenvalue weighted by Crippen LogP contribution is -2.29. The molecule has 0 atom stereocenters. The molecule has 0 N–H and O–H groups in total. The zero-order valence-electron chi connectivity index (χ0n) is 7.53. The highest BCUT2D eigenvalue weighted by Gasteiger charge is 2.23. The van der Waals surface area contributed by atoms with Crippen LogP contribution in [0.3, 0.4) is 0 Å². The Bertz CT molecular complexity index is 380. The van der Waals surface area contributed by atoms with Gasteiger partial charge in [-0.15, -0.1) is 0 Å². The first-order chi connectivity index (χ1) is 6.72. The maximum Gasteiger partial charge on any atom is 0.236 e. The number of nitrogens with zero attached hydrogens (tertiary/aromatic N) is 1. The number of anilines is 1. The molecule has 1 aromatic rings. The van der Waals surface area contributed by atoms with Crippen molar-refractivity contribution in [3.05, 3.63) is 29.6 Å². The van der Waals surface area contributed by atoms with E-state index >= 15 is 0 Å². The molecule has 2 rings (SSSR count). The van der Waals surface area contributed by atoms with Crippen molar-refractivity contribution >= 4 is 24.2 Å². The van der Waals surface area contributed by atoms with Crippen LogP contribution in [-0.4, -0.2) is 18.2 Å². The van der Waals surface area contributed by atoms with Crippen molar-refractivity contribution in [2.45, 2.75) is 6.42 Å². The Morgan fingerprint density at radius 2 is 2.36 bits per heavy atom. The Labute approximate surface area is 87.1 Å². The molecule has 0 radical (unpaired) electrons. The Morgan fingerprint density at radius 3 is 3.07 bits per heavy atom. The van der Waals surface area contributed by atoms with Crippen molar-refractivity contribution < 1.29 is 9.18 Å². The molecule has 0 saturated carbocycles. The summed E-state index contributed by atoms with van der Waals surface area (Å²) in [6, 6.07) is 4.56. The van der Waals surface area contributed by atoms with Gasteiger partial charge in [-0.25, -0.2) is 4.39 Å². The molecule has 1 aliphatic rings. The fourth-order valence-electron chi connectivity index (χ4n) is 1.70. The van der Waals surface area contributed by atoms with Crippen LogP contribution in [0.25, 0.3) is 0 Å². The van der Waals surface area contributed by atoms with Gasteiger partial charge in [0.15, 0.2) is 0 Å². The molecular formula is C10H10FNOS.